The molecule has 0 radical (unpaired) electrons. The van der Waals surface area contributed by atoms with Crippen molar-refractivity contribution in [2.75, 3.05) is 18.0 Å². The molecule has 1 aromatic heterocycles. The van der Waals surface area contributed by atoms with Crippen LogP contribution in [0, 0.1) is 6.92 Å². The number of hydrogen-bond donors (Lipinski definition) is 2. The molecule has 0 saturated carbocycles. The molecule has 0 bridgehead atoms. The second kappa shape index (κ2) is 6.53. The number of aliphatic hydroxyl groups is 1. The van der Waals surface area contributed by atoms with Gasteiger partial charge in [0, 0.05) is 30.9 Å². The number of nitrogens with zero attached hydrogens (tertiary/aromatic N) is 3. The van der Waals surface area contributed by atoms with Crippen molar-refractivity contribution in [2.24, 2.45) is 5.73 Å². The van der Waals surface area contributed by atoms with Crippen molar-refractivity contribution in [2.45, 2.75) is 25.8 Å². The molecule has 26 heavy (non-hydrogen) atoms. The summed E-state index contributed by atoms with van der Waals surface area (Å²) in [5.74, 6) is 0.340. The number of hydrogen-bond acceptors (Lipinski definition) is 5. The van der Waals surface area contributed by atoms with Gasteiger partial charge in [-0.25, -0.2) is 14.4 Å². The highest BCUT2D eigenvalue weighted by atomic mass is 19.1. The van der Waals surface area contributed by atoms with Gasteiger partial charge in [0.1, 0.15) is 17.4 Å². The molecule has 4 rings (SSSR count). The zero-order chi connectivity index (χ0) is 18.3. The number of aliphatic hydroxyl groups excluding tert-OH is 1. The average Bonchev–Trinajstić information content (AvgIpc) is 2.96. The molecule has 5 nitrogen and oxygen atoms in total. The van der Waals surface area contributed by atoms with E-state index in [1.165, 1.54) is 6.08 Å². The number of rotatable bonds is 2. The van der Waals surface area contributed by atoms with Gasteiger partial charge in [-0.2, -0.15) is 0 Å². The van der Waals surface area contributed by atoms with Gasteiger partial charge < -0.3 is 15.7 Å². The minimum atomic E-state index is -0.535. The van der Waals surface area contributed by atoms with Crippen molar-refractivity contribution in [3.8, 4) is 0 Å². The molecule has 2 aliphatic rings. The molecule has 3 N–H and O–H groups in total. The van der Waals surface area contributed by atoms with E-state index in [-0.39, 0.29) is 29.6 Å². The predicted octanol–water partition coefficient (Wildman–Crippen LogP) is 3.56. The normalized spacial score (nSPS) is 20.7. The molecule has 2 aromatic rings. The third-order valence-electron chi connectivity index (χ3n) is 4.80. The number of nitrogens with two attached hydrogens (primary N) is 1. The largest absolute Gasteiger partial charge is 0.511 e. The molecule has 134 valence electrons. The topological polar surface area (TPSA) is 75.3 Å². The van der Waals surface area contributed by atoms with Crippen LogP contribution in [0.1, 0.15) is 24.2 Å². The SMILES string of the molecule is Cc1ccc2c(N3CCC(N)C3)nc(C3=C(O)CC=CC=C3F)nc2c1. The quantitative estimate of drug-likeness (QED) is 0.864. The van der Waals surface area contributed by atoms with E-state index in [1.807, 2.05) is 25.1 Å². The summed E-state index contributed by atoms with van der Waals surface area (Å²) in [6.45, 7) is 3.48. The lowest BCUT2D eigenvalue weighted by atomic mass is 10.1. The molecule has 0 spiro atoms. The Morgan fingerprint density at radius 2 is 2.15 bits per heavy atom. The van der Waals surface area contributed by atoms with Gasteiger partial charge in [0.2, 0.25) is 0 Å². The summed E-state index contributed by atoms with van der Waals surface area (Å²) in [6.07, 6.45) is 5.75. The van der Waals surface area contributed by atoms with Gasteiger partial charge in [0.25, 0.3) is 0 Å². The van der Waals surface area contributed by atoms with Gasteiger partial charge in [-0.3, -0.25) is 0 Å². The second-order valence-corrected chi connectivity index (χ2v) is 6.85. The van der Waals surface area contributed by atoms with E-state index >= 15 is 0 Å². The van der Waals surface area contributed by atoms with Crippen LogP contribution in [-0.2, 0) is 0 Å². The number of anilines is 1. The Kier molecular flexibility index (Phi) is 4.20. The summed E-state index contributed by atoms with van der Waals surface area (Å²) in [7, 11) is 0. The molecule has 0 amide bonds. The van der Waals surface area contributed by atoms with E-state index in [9.17, 15) is 9.50 Å². The summed E-state index contributed by atoms with van der Waals surface area (Å²) in [6, 6.07) is 6.05. The maximum absolute atomic E-state index is 14.6. The summed E-state index contributed by atoms with van der Waals surface area (Å²) >= 11 is 0. The first-order valence-electron chi connectivity index (χ1n) is 8.77. The lowest BCUT2D eigenvalue weighted by molar-refractivity contribution is 0.402. The van der Waals surface area contributed by atoms with Crippen molar-refractivity contribution < 1.29 is 9.50 Å². The first-order chi connectivity index (χ1) is 12.5. The summed E-state index contributed by atoms with van der Waals surface area (Å²) < 4.78 is 14.6. The molecule has 1 unspecified atom stereocenters. The number of halogens is 1. The van der Waals surface area contributed by atoms with Gasteiger partial charge in [-0.15, -0.1) is 0 Å². The number of benzene rings is 1. The molecule has 1 aliphatic heterocycles. The molecule has 2 heterocycles. The van der Waals surface area contributed by atoms with Crippen molar-refractivity contribution >= 4 is 22.3 Å². The maximum Gasteiger partial charge on any atom is 0.168 e. The van der Waals surface area contributed by atoms with E-state index in [2.05, 4.69) is 14.9 Å². The Hall–Kier alpha value is -2.73. The van der Waals surface area contributed by atoms with E-state index in [0.717, 1.165) is 35.2 Å². The molecule has 6 heteroatoms. The Labute approximate surface area is 151 Å². The van der Waals surface area contributed by atoms with E-state index in [4.69, 9.17) is 5.73 Å². The van der Waals surface area contributed by atoms with Crippen LogP contribution in [0.25, 0.3) is 16.5 Å². The highest BCUT2D eigenvalue weighted by Gasteiger charge is 2.25. The van der Waals surface area contributed by atoms with Crippen LogP contribution in [-0.4, -0.2) is 34.2 Å². The average molecular weight is 352 g/mol. The van der Waals surface area contributed by atoms with Crippen LogP contribution in [0.15, 0.2) is 48.0 Å². The Bertz CT molecular complexity index is 964. The zero-order valence-electron chi connectivity index (χ0n) is 14.6. The van der Waals surface area contributed by atoms with Gasteiger partial charge in [0.15, 0.2) is 5.82 Å². The highest BCUT2D eigenvalue weighted by molar-refractivity contribution is 5.92. The zero-order valence-corrected chi connectivity index (χ0v) is 14.6. The number of fused-ring (bicyclic) bond motifs is 1. The third-order valence-corrected chi connectivity index (χ3v) is 4.80. The summed E-state index contributed by atoms with van der Waals surface area (Å²) in [5, 5.41) is 11.2. The van der Waals surface area contributed by atoms with Gasteiger partial charge in [0.05, 0.1) is 11.1 Å². The fraction of sp³-hybridized carbons (Fsp3) is 0.300. The smallest absolute Gasteiger partial charge is 0.168 e. The summed E-state index contributed by atoms with van der Waals surface area (Å²) in [5.41, 5.74) is 7.91. The molecular weight excluding hydrogens is 331 g/mol. The molecule has 1 saturated heterocycles. The molecular formula is C20H21FN4O. The number of aryl methyl sites for hydroxylation is 1. The maximum atomic E-state index is 14.6. The molecule has 1 aliphatic carbocycles. The Morgan fingerprint density at radius 1 is 1.31 bits per heavy atom. The lowest BCUT2D eigenvalue weighted by Crippen LogP contribution is -2.27. The second-order valence-electron chi connectivity index (χ2n) is 6.85. The fourth-order valence-electron chi connectivity index (χ4n) is 3.45. The predicted molar refractivity (Wildman–Crippen MR) is 102 cm³/mol. The van der Waals surface area contributed by atoms with Crippen LogP contribution >= 0.6 is 0 Å². The van der Waals surface area contributed by atoms with Gasteiger partial charge in [-0.05, 0) is 37.1 Å². The van der Waals surface area contributed by atoms with Crippen molar-refractivity contribution in [1.82, 2.24) is 9.97 Å². The van der Waals surface area contributed by atoms with Crippen molar-refractivity contribution in [3.63, 3.8) is 0 Å². The van der Waals surface area contributed by atoms with Crippen molar-refractivity contribution in [3.05, 3.63) is 59.4 Å². The number of aromatic nitrogens is 2. The Morgan fingerprint density at radius 3 is 2.92 bits per heavy atom. The van der Waals surface area contributed by atoms with Crippen LogP contribution in [0.3, 0.4) is 0 Å². The van der Waals surface area contributed by atoms with Crippen LogP contribution in [0.4, 0.5) is 10.2 Å². The molecule has 1 aromatic carbocycles. The van der Waals surface area contributed by atoms with Crippen LogP contribution in [0.5, 0.6) is 0 Å². The third kappa shape index (κ3) is 2.97. The lowest BCUT2D eigenvalue weighted by Gasteiger charge is -2.20. The van der Waals surface area contributed by atoms with Crippen molar-refractivity contribution in [1.29, 1.82) is 0 Å². The van der Waals surface area contributed by atoms with E-state index < -0.39 is 5.83 Å². The fourth-order valence-corrected chi connectivity index (χ4v) is 3.45. The van der Waals surface area contributed by atoms with E-state index in [1.54, 1.807) is 12.2 Å². The first kappa shape index (κ1) is 16.7. The minimum absolute atomic E-state index is 0.0585. The minimum Gasteiger partial charge on any atom is -0.511 e. The van der Waals surface area contributed by atoms with Crippen LogP contribution < -0.4 is 10.6 Å². The Balaban J connectivity index is 1.93. The standard InChI is InChI=1S/C20H21FN4O/c1-12-6-7-14-16(10-12)23-19(18-15(21)4-2-3-5-17(18)26)24-20(14)25-9-8-13(22)11-25/h2-4,6-7,10,13,26H,5,8-9,11,22H2,1H3. The van der Waals surface area contributed by atoms with E-state index in [0.29, 0.717) is 6.54 Å². The van der Waals surface area contributed by atoms with Gasteiger partial charge in [-0.1, -0.05) is 18.2 Å². The monoisotopic (exact) mass is 352 g/mol. The highest BCUT2D eigenvalue weighted by Crippen LogP contribution is 2.33. The molecule has 1 atom stereocenters. The molecule has 1 fully saturated rings. The number of allylic oxidation sites excluding steroid dienone is 5. The van der Waals surface area contributed by atoms with Gasteiger partial charge >= 0.3 is 0 Å². The summed E-state index contributed by atoms with van der Waals surface area (Å²) in [4.78, 5) is 11.3. The van der Waals surface area contributed by atoms with Crippen LogP contribution in [0.2, 0.25) is 0 Å². The first-order valence-corrected chi connectivity index (χ1v) is 8.77.